The highest BCUT2D eigenvalue weighted by molar-refractivity contribution is 6.01. The summed E-state index contributed by atoms with van der Waals surface area (Å²) in [7, 11) is 0. The van der Waals surface area contributed by atoms with Crippen LogP contribution in [0.2, 0.25) is 0 Å². The van der Waals surface area contributed by atoms with Gasteiger partial charge in [-0.3, -0.25) is 4.98 Å². The zero-order valence-corrected chi connectivity index (χ0v) is 24.5. The van der Waals surface area contributed by atoms with Crippen LogP contribution in [-0.2, 0) is 0 Å². The Labute approximate surface area is 261 Å². The maximum absolute atomic E-state index is 5.11. The van der Waals surface area contributed by atoms with E-state index in [1.807, 2.05) is 12.3 Å². The maximum atomic E-state index is 5.11. The summed E-state index contributed by atoms with van der Waals surface area (Å²) in [5.41, 5.74) is 13.8. The standard InChI is InChI=1S/C41H28N4/c1-3-12-30(13-4-1)35-17-7-8-19-37(35)33-26-39(38-20-10-9-18-36(38)31-14-5-2-6-15-31)41-40(27-33)43-45(44-41)34-23-21-29(22-24-34)32-16-11-25-42-28-32/h1-28H. The molecule has 0 fully saturated rings. The zero-order valence-electron chi connectivity index (χ0n) is 24.5. The van der Waals surface area contributed by atoms with Gasteiger partial charge in [-0.2, -0.15) is 4.80 Å². The Bertz CT molecular complexity index is 2240. The molecule has 8 aromatic rings. The van der Waals surface area contributed by atoms with Crippen molar-refractivity contribution in [1.29, 1.82) is 0 Å². The summed E-state index contributed by atoms with van der Waals surface area (Å²) in [6.45, 7) is 0. The summed E-state index contributed by atoms with van der Waals surface area (Å²) in [5, 5.41) is 10.2. The van der Waals surface area contributed by atoms with Gasteiger partial charge < -0.3 is 0 Å². The van der Waals surface area contributed by atoms with Crippen LogP contribution in [0.15, 0.2) is 170 Å². The minimum Gasteiger partial charge on any atom is -0.264 e. The van der Waals surface area contributed by atoms with Gasteiger partial charge in [0.25, 0.3) is 0 Å². The number of nitrogens with zero attached hydrogens (tertiary/aromatic N) is 4. The molecule has 0 saturated carbocycles. The fourth-order valence-electron chi connectivity index (χ4n) is 6.01. The molecule has 0 amide bonds. The van der Waals surface area contributed by atoms with Gasteiger partial charge in [0.1, 0.15) is 11.0 Å². The molecule has 0 N–H and O–H groups in total. The molecule has 2 heterocycles. The fourth-order valence-corrected chi connectivity index (χ4v) is 6.01. The zero-order chi connectivity index (χ0) is 30.0. The molecule has 0 aliphatic heterocycles. The van der Waals surface area contributed by atoms with E-state index >= 15 is 0 Å². The van der Waals surface area contributed by atoms with Crippen LogP contribution in [0.5, 0.6) is 0 Å². The number of aromatic nitrogens is 4. The Hall–Kier alpha value is -6.13. The second kappa shape index (κ2) is 11.5. The van der Waals surface area contributed by atoms with Crippen LogP contribution in [0.4, 0.5) is 0 Å². The Morgan fingerprint density at radius 3 is 1.56 bits per heavy atom. The summed E-state index contributed by atoms with van der Waals surface area (Å²) in [5.74, 6) is 0. The van der Waals surface area contributed by atoms with Crippen molar-refractivity contribution in [2.75, 3.05) is 0 Å². The second-order valence-corrected chi connectivity index (χ2v) is 11.0. The molecule has 2 aromatic heterocycles. The van der Waals surface area contributed by atoms with Gasteiger partial charge in [0.15, 0.2) is 0 Å². The molecule has 8 rings (SSSR count). The molecule has 4 heteroatoms. The van der Waals surface area contributed by atoms with E-state index in [0.29, 0.717) is 0 Å². The normalized spacial score (nSPS) is 11.1. The van der Waals surface area contributed by atoms with Gasteiger partial charge in [-0.05, 0) is 80.4 Å². The minimum atomic E-state index is 0.838. The lowest BCUT2D eigenvalue weighted by atomic mass is 9.89. The first-order valence-electron chi connectivity index (χ1n) is 15.0. The van der Waals surface area contributed by atoms with Crippen LogP contribution in [0.1, 0.15) is 0 Å². The molecule has 0 unspecified atom stereocenters. The number of pyridine rings is 1. The molecule has 45 heavy (non-hydrogen) atoms. The molecule has 0 spiro atoms. The predicted octanol–water partition coefficient (Wildman–Crippen LogP) is 10.2. The van der Waals surface area contributed by atoms with Gasteiger partial charge in [0.05, 0.1) is 5.69 Å². The van der Waals surface area contributed by atoms with Crippen LogP contribution < -0.4 is 0 Å². The van der Waals surface area contributed by atoms with Crippen molar-refractivity contribution < 1.29 is 0 Å². The number of fused-ring (bicyclic) bond motifs is 1. The summed E-state index contributed by atoms with van der Waals surface area (Å²) >= 11 is 0. The van der Waals surface area contributed by atoms with Gasteiger partial charge >= 0.3 is 0 Å². The molecule has 0 aliphatic carbocycles. The van der Waals surface area contributed by atoms with Crippen molar-refractivity contribution >= 4 is 11.0 Å². The molecule has 6 aromatic carbocycles. The highest BCUT2D eigenvalue weighted by Crippen LogP contribution is 2.40. The maximum Gasteiger partial charge on any atom is 0.121 e. The van der Waals surface area contributed by atoms with Crippen LogP contribution in [0, 0.1) is 0 Å². The Morgan fingerprint density at radius 1 is 0.378 bits per heavy atom. The van der Waals surface area contributed by atoms with Crippen molar-refractivity contribution in [3.63, 3.8) is 0 Å². The Morgan fingerprint density at radius 2 is 0.933 bits per heavy atom. The monoisotopic (exact) mass is 576 g/mol. The second-order valence-electron chi connectivity index (χ2n) is 11.0. The number of hydrogen-bond acceptors (Lipinski definition) is 3. The molecular weight excluding hydrogens is 548 g/mol. The van der Waals surface area contributed by atoms with E-state index in [2.05, 4.69) is 157 Å². The van der Waals surface area contributed by atoms with Crippen LogP contribution in [0.25, 0.3) is 72.4 Å². The predicted molar refractivity (Wildman–Crippen MR) is 184 cm³/mol. The van der Waals surface area contributed by atoms with Crippen molar-refractivity contribution in [3.8, 4) is 61.3 Å². The van der Waals surface area contributed by atoms with E-state index in [1.165, 1.54) is 11.1 Å². The molecule has 0 radical (unpaired) electrons. The smallest absolute Gasteiger partial charge is 0.121 e. The highest BCUT2D eigenvalue weighted by atomic mass is 15.5. The molecular formula is C41H28N4. The van der Waals surface area contributed by atoms with Crippen molar-refractivity contribution in [2.24, 2.45) is 0 Å². The minimum absolute atomic E-state index is 0.838. The summed E-state index contributed by atoms with van der Waals surface area (Å²) in [4.78, 5) is 6.02. The molecule has 0 bridgehead atoms. The molecule has 212 valence electrons. The van der Waals surface area contributed by atoms with Gasteiger partial charge in [0, 0.05) is 18.0 Å². The SMILES string of the molecule is c1ccc(-c2ccccc2-c2cc(-c3ccccc3-c3ccccc3)c3nn(-c4ccc(-c5cccnc5)cc4)nc3c2)cc1. The van der Waals surface area contributed by atoms with Crippen molar-refractivity contribution in [2.45, 2.75) is 0 Å². The number of rotatable bonds is 6. The molecule has 4 nitrogen and oxygen atoms in total. The third-order valence-electron chi connectivity index (χ3n) is 8.20. The average Bonchev–Trinajstić information content (AvgIpc) is 3.57. The fraction of sp³-hybridized carbons (Fsp3) is 0. The van der Waals surface area contributed by atoms with Crippen LogP contribution >= 0.6 is 0 Å². The van der Waals surface area contributed by atoms with E-state index in [-0.39, 0.29) is 0 Å². The first-order chi connectivity index (χ1) is 22.3. The lowest BCUT2D eigenvalue weighted by molar-refractivity contribution is 0.766. The number of hydrogen-bond donors (Lipinski definition) is 0. The third-order valence-corrected chi connectivity index (χ3v) is 8.20. The molecule has 0 atom stereocenters. The van der Waals surface area contributed by atoms with E-state index in [4.69, 9.17) is 10.2 Å². The van der Waals surface area contributed by atoms with Gasteiger partial charge in [-0.1, -0.05) is 127 Å². The van der Waals surface area contributed by atoms with E-state index < -0.39 is 0 Å². The third kappa shape index (κ3) is 5.09. The average molecular weight is 577 g/mol. The summed E-state index contributed by atoms with van der Waals surface area (Å²) < 4.78 is 0. The molecule has 0 saturated heterocycles. The Balaban J connectivity index is 1.33. The van der Waals surface area contributed by atoms with Gasteiger partial charge in [-0.25, -0.2) is 0 Å². The van der Waals surface area contributed by atoms with Gasteiger partial charge in [0.2, 0.25) is 0 Å². The summed E-state index contributed by atoms with van der Waals surface area (Å²) in [6.07, 6.45) is 3.66. The van der Waals surface area contributed by atoms with E-state index in [1.54, 1.807) is 11.0 Å². The number of benzene rings is 6. The molecule has 0 aliphatic rings. The highest BCUT2D eigenvalue weighted by Gasteiger charge is 2.18. The first kappa shape index (κ1) is 26.5. The van der Waals surface area contributed by atoms with Crippen LogP contribution in [-0.4, -0.2) is 20.0 Å². The van der Waals surface area contributed by atoms with Gasteiger partial charge in [-0.15, -0.1) is 10.2 Å². The van der Waals surface area contributed by atoms with E-state index in [0.717, 1.165) is 61.2 Å². The lowest BCUT2D eigenvalue weighted by Gasteiger charge is -2.14. The van der Waals surface area contributed by atoms with E-state index in [9.17, 15) is 0 Å². The lowest BCUT2D eigenvalue weighted by Crippen LogP contribution is -1.98. The Kier molecular flexibility index (Phi) is 6.78. The topological polar surface area (TPSA) is 43.6 Å². The first-order valence-corrected chi connectivity index (χ1v) is 15.0. The van der Waals surface area contributed by atoms with Crippen molar-refractivity contribution in [1.82, 2.24) is 20.0 Å². The van der Waals surface area contributed by atoms with Crippen LogP contribution in [0.3, 0.4) is 0 Å². The largest absolute Gasteiger partial charge is 0.264 e. The quantitative estimate of drug-likeness (QED) is 0.198. The van der Waals surface area contributed by atoms with Crippen molar-refractivity contribution in [3.05, 3.63) is 170 Å². The summed E-state index contributed by atoms with van der Waals surface area (Å²) in [6, 6.07) is 55.0.